The summed E-state index contributed by atoms with van der Waals surface area (Å²) in [5, 5.41) is 9.22. The van der Waals surface area contributed by atoms with E-state index in [1.807, 2.05) is 0 Å². The van der Waals surface area contributed by atoms with Crippen LogP contribution in [0.4, 0.5) is 5.13 Å². The maximum atomic E-state index is 12.4. The number of morpholine rings is 1. The molecule has 0 aliphatic carbocycles. The first kappa shape index (κ1) is 19.8. The lowest BCUT2D eigenvalue weighted by atomic mass is 9.88. The fourth-order valence-electron chi connectivity index (χ4n) is 4.96. The van der Waals surface area contributed by atoms with Gasteiger partial charge in [0, 0.05) is 30.2 Å². The maximum absolute atomic E-state index is 12.4. The molecule has 0 saturated carbocycles. The molecule has 5 heterocycles. The third-order valence-electron chi connectivity index (χ3n) is 6.48. The van der Waals surface area contributed by atoms with Gasteiger partial charge in [-0.3, -0.25) is 4.57 Å². The Balaban J connectivity index is 1.37. The maximum Gasteiger partial charge on any atom is 0.343 e. The highest BCUT2D eigenvalue weighted by Gasteiger charge is 2.34. The summed E-state index contributed by atoms with van der Waals surface area (Å²) in [7, 11) is 0. The van der Waals surface area contributed by atoms with Crippen LogP contribution in [0.15, 0.2) is 35.3 Å². The number of hydrogen-bond donors (Lipinski definition) is 2. The summed E-state index contributed by atoms with van der Waals surface area (Å²) >= 11 is 1.64. The molecule has 32 heavy (non-hydrogen) atoms. The highest BCUT2D eigenvalue weighted by atomic mass is 32.1. The van der Waals surface area contributed by atoms with Crippen molar-refractivity contribution in [2.75, 3.05) is 24.7 Å². The van der Waals surface area contributed by atoms with Crippen LogP contribution < -0.4 is 10.6 Å². The van der Waals surface area contributed by atoms with Gasteiger partial charge in [-0.1, -0.05) is 43.4 Å². The van der Waals surface area contributed by atoms with Crippen LogP contribution in [0, 0.1) is 5.41 Å². The molecule has 1 atom stereocenters. The molecule has 1 aromatic carbocycles. The smallest absolute Gasteiger partial charge is 0.343 e. The molecule has 0 amide bonds. The number of fused-ring (bicyclic) bond motifs is 4. The molecular formula is C23H26N6O2S. The lowest BCUT2D eigenvalue weighted by Gasteiger charge is -2.35. The van der Waals surface area contributed by atoms with E-state index in [2.05, 4.69) is 64.4 Å². The number of nitrogens with one attached hydrogen (secondary N) is 2. The number of para-hydroxylation sites is 1. The van der Waals surface area contributed by atoms with Gasteiger partial charge in [0.2, 0.25) is 0 Å². The number of aromatic amines is 2. The van der Waals surface area contributed by atoms with Crippen LogP contribution in [0.5, 0.6) is 0 Å². The van der Waals surface area contributed by atoms with Gasteiger partial charge in [-0.25, -0.2) is 14.9 Å². The van der Waals surface area contributed by atoms with Gasteiger partial charge in [0.05, 0.1) is 29.8 Å². The molecule has 2 aliphatic rings. The predicted octanol–water partition coefficient (Wildman–Crippen LogP) is 3.21. The predicted molar refractivity (Wildman–Crippen MR) is 125 cm³/mol. The molecule has 0 spiro atoms. The minimum atomic E-state index is -0.153. The second kappa shape index (κ2) is 7.31. The fraction of sp³-hybridized carbons (Fsp3) is 0.435. The summed E-state index contributed by atoms with van der Waals surface area (Å²) < 4.78 is 7.63. The minimum absolute atomic E-state index is 0.0759. The molecule has 4 aromatic rings. The van der Waals surface area contributed by atoms with Crippen LogP contribution in [0.2, 0.25) is 0 Å². The molecule has 0 radical (unpaired) electrons. The highest BCUT2D eigenvalue weighted by Crippen LogP contribution is 2.41. The molecule has 166 valence electrons. The fourth-order valence-corrected chi connectivity index (χ4v) is 6.14. The molecule has 2 N–H and O–H groups in total. The Bertz CT molecular complexity index is 1350. The number of nitrogens with zero attached hydrogens (tertiary/aromatic N) is 4. The molecule has 0 unspecified atom stereocenters. The van der Waals surface area contributed by atoms with E-state index < -0.39 is 0 Å². The van der Waals surface area contributed by atoms with E-state index in [1.165, 1.54) is 10.9 Å². The number of ether oxygens (including phenoxy) is 1. The van der Waals surface area contributed by atoms with E-state index in [0.29, 0.717) is 25.6 Å². The Morgan fingerprint density at radius 3 is 3.09 bits per heavy atom. The largest absolute Gasteiger partial charge is 0.377 e. The third-order valence-corrected chi connectivity index (χ3v) is 7.61. The Kier molecular flexibility index (Phi) is 4.51. The standard InChI is InChI=1S/C23H26N6O2S/c1-23(2)10-18-19(20-26-27-21(30)29(20)13-23)32-22(25-18)28-7-8-31-12-15(28)9-14-11-24-17-6-4-3-5-16(14)17/h3-6,11,15,24H,7-10,12-13H2,1-2H3,(H,27,30)/t15-/m0/s1. The zero-order valence-corrected chi connectivity index (χ0v) is 19.0. The van der Waals surface area contributed by atoms with E-state index in [1.54, 1.807) is 15.9 Å². The van der Waals surface area contributed by atoms with Crippen LogP contribution in [0.25, 0.3) is 21.6 Å². The van der Waals surface area contributed by atoms with E-state index in [9.17, 15) is 4.79 Å². The van der Waals surface area contributed by atoms with Crippen LogP contribution in [0.3, 0.4) is 0 Å². The Hall–Kier alpha value is -2.91. The first-order chi connectivity index (χ1) is 15.5. The number of hydrogen-bond acceptors (Lipinski definition) is 6. The third kappa shape index (κ3) is 3.27. The normalized spacial score (nSPS) is 20.2. The average Bonchev–Trinajstić information content (AvgIpc) is 3.45. The first-order valence-corrected chi connectivity index (χ1v) is 11.8. The lowest BCUT2D eigenvalue weighted by molar-refractivity contribution is 0.0941. The van der Waals surface area contributed by atoms with Crippen molar-refractivity contribution in [2.24, 2.45) is 5.41 Å². The summed E-state index contributed by atoms with van der Waals surface area (Å²) in [4.78, 5) is 24.2. The van der Waals surface area contributed by atoms with E-state index >= 15 is 0 Å². The van der Waals surface area contributed by atoms with Gasteiger partial charge in [0.1, 0.15) is 0 Å². The molecule has 2 aliphatic heterocycles. The summed E-state index contributed by atoms with van der Waals surface area (Å²) in [6.07, 6.45) is 3.81. The Morgan fingerprint density at radius 1 is 1.31 bits per heavy atom. The number of aromatic nitrogens is 5. The van der Waals surface area contributed by atoms with Gasteiger partial charge < -0.3 is 14.6 Å². The summed E-state index contributed by atoms with van der Waals surface area (Å²) in [5.74, 6) is 0.709. The van der Waals surface area contributed by atoms with Gasteiger partial charge in [0.25, 0.3) is 0 Å². The number of H-pyrrole nitrogens is 2. The second-order valence-electron chi connectivity index (χ2n) is 9.54. The molecular weight excluding hydrogens is 424 g/mol. The molecule has 0 bridgehead atoms. The van der Waals surface area contributed by atoms with Gasteiger partial charge >= 0.3 is 5.69 Å². The number of rotatable bonds is 3. The van der Waals surface area contributed by atoms with Crippen molar-refractivity contribution in [3.05, 3.63) is 52.2 Å². The van der Waals surface area contributed by atoms with Crippen molar-refractivity contribution >= 4 is 27.4 Å². The minimum Gasteiger partial charge on any atom is -0.377 e. The number of anilines is 1. The van der Waals surface area contributed by atoms with Gasteiger partial charge in [-0.05, 0) is 29.9 Å². The monoisotopic (exact) mass is 450 g/mol. The summed E-state index contributed by atoms with van der Waals surface area (Å²) in [6, 6.07) is 8.61. The van der Waals surface area contributed by atoms with Gasteiger partial charge in [-0.15, -0.1) is 0 Å². The number of thiazole rings is 1. The Labute approximate surface area is 189 Å². The van der Waals surface area contributed by atoms with Crippen molar-refractivity contribution in [3.8, 4) is 10.7 Å². The highest BCUT2D eigenvalue weighted by molar-refractivity contribution is 7.19. The van der Waals surface area contributed by atoms with Crippen LogP contribution in [-0.4, -0.2) is 50.5 Å². The molecule has 3 aromatic heterocycles. The van der Waals surface area contributed by atoms with Crippen molar-refractivity contribution in [2.45, 2.75) is 39.3 Å². The molecule has 6 rings (SSSR count). The van der Waals surface area contributed by atoms with Crippen LogP contribution in [0.1, 0.15) is 25.1 Å². The molecule has 9 heteroatoms. The van der Waals surface area contributed by atoms with Gasteiger partial charge in [0.15, 0.2) is 11.0 Å². The molecule has 1 saturated heterocycles. The molecule has 1 fully saturated rings. The second-order valence-corrected chi connectivity index (χ2v) is 10.5. The van der Waals surface area contributed by atoms with Crippen molar-refractivity contribution in [1.29, 1.82) is 0 Å². The average molecular weight is 451 g/mol. The SMILES string of the molecule is CC1(C)Cc2nc(N3CCOC[C@@H]3Cc3c[nH]c4ccccc34)sc2-c2n[nH]c(=O)n2C1. The topological polar surface area (TPSA) is 91.8 Å². The van der Waals surface area contributed by atoms with Crippen LogP contribution in [-0.2, 0) is 24.1 Å². The zero-order chi connectivity index (χ0) is 21.9. The van der Waals surface area contributed by atoms with E-state index in [-0.39, 0.29) is 17.1 Å². The van der Waals surface area contributed by atoms with E-state index in [4.69, 9.17) is 9.72 Å². The Morgan fingerprint density at radius 2 is 2.19 bits per heavy atom. The summed E-state index contributed by atoms with van der Waals surface area (Å²) in [6.45, 7) is 7.15. The van der Waals surface area contributed by atoms with E-state index in [0.717, 1.165) is 40.6 Å². The quantitative estimate of drug-likeness (QED) is 0.500. The lowest BCUT2D eigenvalue weighted by Crippen LogP contribution is -2.46. The van der Waals surface area contributed by atoms with Crippen molar-refractivity contribution < 1.29 is 4.74 Å². The van der Waals surface area contributed by atoms with Crippen LogP contribution >= 0.6 is 11.3 Å². The van der Waals surface area contributed by atoms with Crippen molar-refractivity contribution in [1.82, 2.24) is 24.7 Å². The zero-order valence-electron chi connectivity index (χ0n) is 18.2. The molecule has 8 nitrogen and oxygen atoms in total. The van der Waals surface area contributed by atoms with Crippen molar-refractivity contribution in [3.63, 3.8) is 0 Å². The number of benzene rings is 1. The van der Waals surface area contributed by atoms with Gasteiger partial charge in [-0.2, -0.15) is 5.10 Å². The summed E-state index contributed by atoms with van der Waals surface area (Å²) in [5.41, 5.74) is 3.25. The first-order valence-electron chi connectivity index (χ1n) is 11.0.